The molecule has 2 aromatic rings. The SMILES string of the molecule is CC1(C)N=C(c2ccc(N)cc2)CC1c1ccncc1. The Bertz CT molecular complexity index is 627. The Morgan fingerprint density at radius 2 is 1.70 bits per heavy atom. The number of nitrogens with zero attached hydrogens (tertiary/aromatic N) is 2. The third kappa shape index (κ3) is 2.31. The quantitative estimate of drug-likeness (QED) is 0.846. The minimum Gasteiger partial charge on any atom is -0.399 e. The number of benzene rings is 1. The number of hydrogen-bond donors (Lipinski definition) is 1. The average Bonchev–Trinajstić information content (AvgIpc) is 2.76. The van der Waals surface area contributed by atoms with E-state index in [9.17, 15) is 0 Å². The number of aromatic nitrogens is 1. The van der Waals surface area contributed by atoms with E-state index in [1.807, 2.05) is 24.5 Å². The van der Waals surface area contributed by atoms with Crippen LogP contribution in [0.5, 0.6) is 0 Å². The first-order chi connectivity index (χ1) is 9.56. The summed E-state index contributed by atoms with van der Waals surface area (Å²) in [6, 6.07) is 12.2. The Morgan fingerprint density at radius 3 is 2.35 bits per heavy atom. The van der Waals surface area contributed by atoms with Gasteiger partial charge >= 0.3 is 0 Å². The van der Waals surface area contributed by atoms with Crippen LogP contribution in [0.15, 0.2) is 53.8 Å². The average molecular weight is 265 g/mol. The van der Waals surface area contributed by atoms with Gasteiger partial charge in [-0.25, -0.2) is 0 Å². The van der Waals surface area contributed by atoms with Crippen molar-refractivity contribution in [3.8, 4) is 0 Å². The van der Waals surface area contributed by atoms with Crippen molar-refractivity contribution in [3.05, 3.63) is 59.9 Å². The van der Waals surface area contributed by atoms with E-state index in [-0.39, 0.29) is 5.54 Å². The summed E-state index contributed by atoms with van der Waals surface area (Å²) in [7, 11) is 0. The summed E-state index contributed by atoms with van der Waals surface area (Å²) >= 11 is 0. The third-order valence-corrected chi connectivity index (χ3v) is 4.03. The molecule has 0 radical (unpaired) electrons. The highest BCUT2D eigenvalue weighted by atomic mass is 14.9. The van der Waals surface area contributed by atoms with Crippen molar-refractivity contribution in [2.75, 3.05) is 5.73 Å². The Labute approximate surface area is 119 Å². The van der Waals surface area contributed by atoms with E-state index >= 15 is 0 Å². The lowest BCUT2D eigenvalue weighted by molar-refractivity contribution is 0.452. The number of pyridine rings is 1. The van der Waals surface area contributed by atoms with Gasteiger partial charge in [-0.3, -0.25) is 9.98 Å². The molecule has 0 bridgehead atoms. The maximum atomic E-state index is 5.75. The smallest absolute Gasteiger partial charge is 0.0627 e. The van der Waals surface area contributed by atoms with E-state index in [0.29, 0.717) is 5.92 Å². The minimum absolute atomic E-state index is 0.0852. The zero-order chi connectivity index (χ0) is 14.2. The Balaban J connectivity index is 1.92. The van der Waals surface area contributed by atoms with Crippen molar-refractivity contribution < 1.29 is 0 Å². The van der Waals surface area contributed by atoms with Gasteiger partial charge in [0.25, 0.3) is 0 Å². The molecule has 0 aliphatic carbocycles. The molecular formula is C17H19N3. The molecule has 1 aliphatic rings. The van der Waals surface area contributed by atoms with E-state index in [4.69, 9.17) is 10.7 Å². The van der Waals surface area contributed by atoms with Crippen LogP contribution >= 0.6 is 0 Å². The van der Waals surface area contributed by atoms with Crippen molar-refractivity contribution in [3.63, 3.8) is 0 Å². The zero-order valence-corrected chi connectivity index (χ0v) is 11.9. The van der Waals surface area contributed by atoms with Crippen LogP contribution < -0.4 is 5.73 Å². The summed E-state index contributed by atoms with van der Waals surface area (Å²) in [6.45, 7) is 4.39. The second kappa shape index (κ2) is 4.75. The highest BCUT2D eigenvalue weighted by Crippen LogP contribution is 2.40. The first kappa shape index (κ1) is 12.9. The highest BCUT2D eigenvalue weighted by Gasteiger charge is 2.37. The van der Waals surface area contributed by atoms with Gasteiger partial charge < -0.3 is 5.73 Å². The topological polar surface area (TPSA) is 51.3 Å². The molecule has 3 rings (SSSR count). The van der Waals surface area contributed by atoms with E-state index < -0.39 is 0 Å². The molecule has 3 heteroatoms. The molecular weight excluding hydrogens is 246 g/mol. The zero-order valence-electron chi connectivity index (χ0n) is 11.9. The van der Waals surface area contributed by atoms with Gasteiger partial charge in [-0.15, -0.1) is 0 Å². The van der Waals surface area contributed by atoms with Crippen molar-refractivity contribution in [2.24, 2.45) is 4.99 Å². The van der Waals surface area contributed by atoms with Crippen molar-refractivity contribution in [1.82, 2.24) is 4.98 Å². The van der Waals surface area contributed by atoms with Crippen molar-refractivity contribution >= 4 is 11.4 Å². The van der Waals surface area contributed by atoms with Gasteiger partial charge in [0.05, 0.1) is 5.54 Å². The number of anilines is 1. The normalized spacial score (nSPS) is 20.7. The highest BCUT2D eigenvalue weighted by molar-refractivity contribution is 6.03. The maximum Gasteiger partial charge on any atom is 0.0627 e. The minimum atomic E-state index is -0.0852. The molecule has 1 aromatic carbocycles. The van der Waals surface area contributed by atoms with Gasteiger partial charge in [-0.2, -0.15) is 0 Å². The summed E-state index contributed by atoms with van der Waals surface area (Å²) in [5.41, 5.74) is 10.1. The third-order valence-electron chi connectivity index (χ3n) is 4.03. The van der Waals surface area contributed by atoms with Gasteiger partial charge in [-0.05, 0) is 55.7 Å². The fourth-order valence-corrected chi connectivity index (χ4v) is 2.89. The molecule has 1 atom stereocenters. The van der Waals surface area contributed by atoms with Gasteiger partial charge in [0.15, 0.2) is 0 Å². The van der Waals surface area contributed by atoms with Crippen LogP contribution in [0.25, 0.3) is 0 Å². The summed E-state index contributed by atoms with van der Waals surface area (Å²) < 4.78 is 0. The van der Waals surface area contributed by atoms with Crippen LogP contribution in [0.1, 0.15) is 37.3 Å². The second-order valence-corrected chi connectivity index (χ2v) is 5.87. The number of aliphatic imine (C=N–C) groups is 1. The van der Waals surface area contributed by atoms with E-state index in [2.05, 4.69) is 43.1 Å². The molecule has 2 heterocycles. The van der Waals surface area contributed by atoms with Crippen LogP contribution in [0, 0.1) is 0 Å². The fraction of sp³-hybridized carbons (Fsp3) is 0.294. The molecule has 0 spiro atoms. The lowest BCUT2D eigenvalue weighted by Crippen LogP contribution is -2.22. The van der Waals surface area contributed by atoms with E-state index in [1.165, 1.54) is 11.1 Å². The molecule has 0 saturated heterocycles. The predicted octanol–water partition coefficient (Wildman–Crippen LogP) is 3.42. The monoisotopic (exact) mass is 265 g/mol. The fourth-order valence-electron chi connectivity index (χ4n) is 2.89. The summed E-state index contributed by atoms with van der Waals surface area (Å²) in [5, 5.41) is 0. The molecule has 1 aliphatic heterocycles. The van der Waals surface area contributed by atoms with Crippen LogP contribution in [0.2, 0.25) is 0 Å². The maximum absolute atomic E-state index is 5.75. The lowest BCUT2D eigenvalue weighted by atomic mass is 9.82. The Hall–Kier alpha value is -2.16. The molecule has 0 saturated carbocycles. The Kier molecular flexibility index (Phi) is 3.05. The summed E-state index contributed by atoms with van der Waals surface area (Å²) in [6.07, 6.45) is 4.67. The van der Waals surface area contributed by atoms with Crippen LogP contribution in [-0.2, 0) is 0 Å². The van der Waals surface area contributed by atoms with Crippen LogP contribution in [-0.4, -0.2) is 16.2 Å². The number of rotatable bonds is 2. The van der Waals surface area contributed by atoms with Crippen molar-refractivity contribution in [2.45, 2.75) is 31.7 Å². The van der Waals surface area contributed by atoms with Gasteiger partial charge in [-0.1, -0.05) is 12.1 Å². The molecule has 0 fully saturated rings. The molecule has 2 N–H and O–H groups in total. The number of nitrogen functional groups attached to an aromatic ring is 1. The van der Waals surface area contributed by atoms with Gasteiger partial charge in [0.1, 0.15) is 0 Å². The Morgan fingerprint density at radius 1 is 1.05 bits per heavy atom. The van der Waals surface area contributed by atoms with Crippen LogP contribution in [0.3, 0.4) is 0 Å². The molecule has 20 heavy (non-hydrogen) atoms. The first-order valence-corrected chi connectivity index (χ1v) is 6.91. The van der Waals surface area contributed by atoms with Gasteiger partial charge in [0.2, 0.25) is 0 Å². The van der Waals surface area contributed by atoms with Crippen LogP contribution in [0.4, 0.5) is 5.69 Å². The molecule has 1 unspecified atom stereocenters. The van der Waals surface area contributed by atoms with Crippen molar-refractivity contribution in [1.29, 1.82) is 0 Å². The summed E-state index contributed by atoms with van der Waals surface area (Å²) in [4.78, 5) is 9.03. The predicted molar refractivity (Wildman–Crippen MR) is 83.1 cm³/mol. The standard InChI is InChI=1S/C17H19N3/c1-17(2)15(12-7-9-19-10-8-12)11-16(20-17)13-3-5-14(18)6-4-13/h3-10,15H,11,18H2,1-2H3. The second-order valence-electron chi connectivity index (χ2n) is 5.87. The number of hydrogen-bond acceptors (Lipinski definition) is 3. The summed E-state index contributed by atoms with van der Waals surface area (Å²) in [5.74, 6) is 0.401. The van der Waals surface area contributed by atoms with Gasteiger partial charge in [0, 0.05) is 29.7 Å². The van der Waals surface area contributed by atoms with E-state index in [0.717, 1.165) is 17.8 Å². The number of nitrogens with two attached hydrogens (primary N) is 1. The lowest BCUT2D eigenvalue weighted by Gasteiger charge is -2.24. The largest absolute Gasteiger partial charge is 0.399 e. The molecule has 0 amide bonds. The van der Waals surface area contributed by atoms with E-state index in [1.54, 1.807) is 0 Å². The molecule has 3 nitrogen and oxygen atoms in total. The molecule has 1 aromatic heterocycles. The molecule has 102 valence electrons. The first-order valence-electron chi connectivity index (χ1n) is 6.91.